The molecule has 1 aromatic rings. The number of aromatic carboxylic acids is 1. The Kier molecular flexibility index (Phi) is 3.26. The van der Waals surface area contributed by atoms with E-state index in [0.29, 0.717) is 0 Å². The van der Waals surface area contributed by atoms with Crippen molar-refractivity contribution < 1.29 is 14.3 Å². The summed E-state index contributed by atoms with van der Waals surface area (Å²) in [6, 6.07) is 1.46. The van der Waals surface area contributed by atoms with Gasteiger partial charge in [-0.15, -0.1) is 0 Å². The summed E-state index contributed by atoms with van der Waals surface area (Å²) in [6.07, 6.45) is 4.27. The monoisotopic (exact) mass is 238 g/mol. The highest BCUT2D eigenvalue weighted by molar-refractivity contribution is 5.88. The number of carbonyl (C=O) groups is 1. The predicted octanol–water partition coefficient (Wildman–Crippen LogP) is 2.30. The number of anilines is 1. The van der Waals surface area contributed by atoms with Crippen LogP contribution in [-0.2, 0) is 0 Å². The van der Waals surface area contributed by atoms with Crippen molar-refractivity contribution in [2.24, 2.45) is 0 Å². The van der Waals surface area contributed by atoms with Gasteiger partial charge in [0, 0.05) is 18.8 Å². The van der Waals surface area contributed by atoms with Gasteiger partial charge in [0.15, 0.2) is 11.6 Å². The molecule has 1 aliphatic heterocycles. The first-order chi connectivity index (χ1) is 8.15. The first-order valence-electron chi connectivity index (χ1n) is 5.79. The zero-order valence-electron chi connectivity index (χ0n) is 9.69. The third kappa shape index (κ3) is 2.09. The van der Waals surface area contributed by atoms with Crippen LogP contribution in [0.25, 0.3) is 0 Å². The van der Waals surface area contributed by atoms with Crippen LogP contribution in [0.3, 0.4) is 0 Å². The van der Waals surface area contributed by atoms with Crippen LogP contribution in [0.2, 0.25) is 0 Å². The van der Waals surface area contributed by atoms with Gasteiger partial charge in [-0.05, 0) is 25.3 Å². The highest BCUT2D eigenvalue weighted by atomic mass is 19.1. The molecule has 1 fully saturated rings. The predicted molar refractivity (Wildman–Crippen MR) is 61.8 cm³/mol. The molecule has 0 saturated carbocycles. The summed E-state index contributed by atoms with van der Waals surface area (Å²) < 4.78 is 14.0. The summed E-state index contributed by atoms with van der Waals surface area (Å²) in [6.45, 7) is 2.79. The van der Waals surface area contributed by atoms with Gasteiger partial charge < -0.3 is 10.0 Å². The van der Waals surface area contributed by atoms with Gasteiger partial charge >= 0.3 is 5.97 Å². The van der Waals surface area contributed by atoms with Crippen LogP contribution in [0.5, 0.6) is 0 Å². The van der Waals surface area contributed by atoms with Crippen LogP contribution in [-0.4, -0.2) is 28.6 Å². The van der Waals surface area contributed by atoms with E-state index in [1.54, 1.807) is 0 Å². The van der Waals surface area contributed by atoms with Gasteiger partial charge in [-0.1, -0.05) is 6.92 Å². The van der Waals surface area contributed by atoms with Crippen LogP contribution in [0.1, 0.15) is 36.5 Å². The summed E-state index contributed by atoms with van der Waals surface area (Å²) in [5, 5.41) is 8.87. The van der Waals surface area contributed by atoms with Gasteiger partial charge in [-0.25, -0.2) is 14.2 Å². The largest absolute Gasteiger partial charge is 0.478 e. The minimum absolute atomic E-state index is 0.175. The highest BCUT2D eigenvalue weighted by Crippen LogP contribution is 2.28. The smallest absolute Gasteiger partial charge is 0.338 e. The van der Waals surface area contributed by atoms with Gasteiger partial charge in [-0.3, -0.25) is 0 Å². The first-order valence-corrected chi connectivity index (χ1v) is 5.79. The van der Waals surface area contributed by atoms with E-state index in [4.69, 9.17) is 5.11 Å². The van der Waals surface area contributed by atoms with Gasteiger partial charge in [-0.2, -0.15) is 0 Å². The average Bonchev–Trinajstić information content (AvgIpc) is 2.76. The van der Waals surface area contributed by atoms with Crippen molar-refractivity contribution in [1.82, 2.24) is 4.98 Å². The van der Waals surface area contributed by atoms with Crippen LogP contribution < -0.4 is 4.90 Å². The summed E-state index contributed by atoms with van der Waals surface area (Å²) in [5.41, 5.74) is -0.309. The van der Waals surface area contributed by atoms with Crippen LogP contribution in [0.4, 0.5) is 10.2 Å². The quantitative estimate of drug-likeness (QED) is 0.877. The molecule has 92 valence electrons. The molecule has 0 aromatic carbocycles. The molecule has 4 nitrogen and oxygen atoms in total. The maximum atomic E-state index is 14.0. The van der Waals surface area contributed by atoms with Crippen molar-refractivity contribution >= 4 is 11.8 Å². The van der Waals surface area contributed by atoms with Gasteiger partial charge in [0.05, 0.1) is 0 Å². The Labute approximate surface area is 99.1 Å². The fourth-order valence-electron chi connectivity index (χ4n) is 2.34. The maximum absolute atomic E-state index is 14.0. The summed E-state index contributed by atoms with van der Waals surface area (Å²) in [5.74, 6) is -1.80. The number of carboxylic acid groups (broad SMARTS) is 1. The summed E-state index contributed by atoms with van der Waals surface area (Å²) >= 11 is 0. The second-order valence-corrected chi connectivity index (χ2v) is 4.20. The zero-order valence-corrected chi connectivity index (χ0v) is 9.69. The number of hydrogen-bond acceptors (Lipinski definition) is 3. The van der Waals surface area contributed by atoms with E-state index in [0.717, 1.165) is 25.8 Å². The highest BCUT2D eigenvalue weighted by Gasteiger charge is 2.28. The Balaban J connectivity index is 2.38. The number of aromatic nitrogens is 1. The molecule has 0 radical (unpaired) electrons. The first kappa shape index (κ1) is 11.8. The Morgan fingerprint density at radius 3 is 3.12 bits per heavy atom. The van der Waals surface area contributed by atoms with Crippen LogP contribution in [0, 0.1) is 5.82 Å². The number of hydrogen-bond donors (Lipinski definition) is 1. The van der Waals surface area contributed by atoms with E-state index >= 15 is 0 Å². The van der Waals surface area contributed by atoms with E-state index in [2.05, 4.69) is 4.98 Å². The van der Waals surface area contributed by atoms with E-state index in [1.165, 1.54) is 12.3 Å². The summed E-state index contributed by atoms with van der Waals surface area (Å²) in [7, 11) is 0. The number of nitrogens with zero attached hydrogens (tertiary/aromatic N) is 2. The van der Waals surface area contributed by atoms with Crippen molar-refractivity contribution in [3.8, 4) is 0 Å². The second-order valence-electron chi connectivity index (χ2n) is 4.20. The normalized spacial score (nSPS) is 19.6. The molecule has 1 atom stereocenters. The van der Waals surface area contributed by atoms with Crippen LogP contribution >= 0.6 is 0 Å². The SMILES string of the molecule is CCC1CCCN1c1nccc(C(=O)O)c1F. The van der Waals surface area contributed by atoms with E-state index in [1.807, 2.05) is 11.8 Å². The van der Waals surface area contributed by atoms with Gasteiger partial charge in [0.1, 0.15) is 5.56 Å². The lowest BCUT2D eigenvalue weighted by atomic mass is 10.1. The van der Waals surface area contributed by atoms with E-state index < -0.39 is 11.8 Å². The fraction of sp³-hybridized carbons (Fsp3) is 0.500. The Morgan fingerprint density at radius 2 is 2.47 bits per heavy atom. The molecule has 5 heteroatoms. The molecule has 2 rings (SSSR count). The van der Waals surface area contributed by atoms with Gasteiger partial charge in [0.25, 0.3) is 0 Å². The molecule has 1 aromatic heterocycles. The van der Waals surface area contributed by atoms with E-state index in [9.17, 15) is 9.18 Å². The van der Waals surface area contributed by atoms with Gasteiger partial charge in [0.2, 0.25) is 0 Å². The zero-order chi connectivity index (χ0) is 12.4. The molecule has 0 bridgehead atoms. The van der Waals surface area contributed by atoms with Crippen LogP contribution in [0.15, 0.2) is 12.3 Å². The average molecular weight is 238 g/mol. The molecule has 17 heavy (non-hydrogen) atoms. The molecule has 1 saturated heterocycles. The molecule has 1 N–H and O–H groups in total. The minimum Gasteiger partial charge on any atom is -0.478 e. The van der Waals surface area contributed by atoms with E-state index in [-0.39, 0.29) is 17.4 Å². The minimum atomic E-state index is -1.25. The second kappa shape index (κ2) is 4.69. The molecule has 0 aliphatic carbocycles. The number of rotatable bonds is 3. The Hall–Kier alpha value is -1.65. The molecular formula is C12H15FN2O2. The lowest BCUT2D eigenvalue weighted by Crippen LogP contribution is -2.30. The van der Waals surface area contributed by atoms with Crippen molar-refractivity contribution in [3.63, 3.8) is 0 Å². The van der Waals surface area contributed by atoms with Crippen molar-refractivity contribution in [1.29, 1.82) is 0 Å². The molecular weight excluding hydrogens is 223 g/mol. The number of pyridine rings is 1. The standard InChI is InChI=1S/C12H15FN2O2/c1-2-8-4-3-7-15(8)11-10(13)9(12(16)17)5-6-14-11/h5-6,8H,2-4,7H2,1H3,(H,16,17). The van der Waals surface area contributed by atoms with Crippen molar-refractivity contribution in [2.75, 3.05) is 11.4 Å². The van der Waals surface area contributed by atoms with Crippen molar-refractivity contribution in [3.05, 3.63) is 23.6 Å². The Bertz CT molecular complexity index is 437. The molecule has 0 spiro atoms. The molecule has 1 aliphatic rings. The lowest BCUT2D eigenvalue weighted by molar-refractivity contribution is 0.0691. The number of carboxylic acids is 1. The maximum Gasteiger partial charge on any atom is 0.338 e. The third-order valence-electron chi connectivity index (χ3n) is 3.22. The van der Waals surface area contributed by atoms with Crippen molar-refractivity contribution in [2.45, 2.75) is 32.2 Å². The Morgan fingerprint density at radius 1 is 1.71 bits per heavy atom. The topological polar surface area (TPSA) is 53.4 Å². The third-order valence-corrected chi connectivity index (χ3v) is 3.22. The lowest BCUT2D eigenvalue weighted by Gasteiger charge is -2.25. The number of halogens is 1. The molecule has 0 amide bonds. The fourth-order valence-corrected chi connectivity index (χ4v) is 2.34. The summed E-state index contributed by atoms with van der Waals surface area (Å²) in [4.78, 5) is 16.7. The molecule has 1 unspecified atom stereocenters. The molecule has 2 heterocycles.